The van der Waals surface area contributed by atoms with Crippen molar-refractivity contribution < 1.29 is 14.6 Å². The van der Waals surface area contributed by atoms with E-state index in [0.717, 1.165) is 5.56 Å². The smallest absolute Gasteiger partial charge is 0.407 e. The molecule has 5 nitrogen and oxygen atoms in total. The normalized spacial score (nSPS) is 9.73. The molecule has 0 saturated carbocycles. The Labute approximate surface area is 88.1 Å². The first kappa shape index (κ1) is 11.2. The van der Waals surface area contributed by atoms with E-state index in [1.165, 1.54) is 19.1 Å². The molecule has 0 unspecified atom stereocenters. The minimum atomic E-state index is -0.968. The average molecular weight is 210 g/mol. The molecule has 0 atom stereocenters. The second-order valence-electron chi connectivity index (χ2n) is 3.21. The number of amides is 1. The summed E-state index contributed by atoms with van der Waals surface area (Å²) < 4.78 is 5.00. The standard InChI is InChI=1S/C10H14N2O3/c1-12(10(13)14)6-7-3-4-9(15-2)8(11)5-7/h3-5H,6,11H2,1-2H3,(H,13,14). The van der Waals surface area contributed by atoms with Crippen molar-refractivity contribution >= 4 is 11.8 Å². The molecule has 0 aromatic heterocycles. The van der Waals surface area contributed by atoms with Crippen molar-refractivity contribution in [2.24, 2.45) is 0 Å². The van der Waals surface area contributed by atoms with Crippen LogP contribution in [0.2, 0.25) is 0 Å². The van der Waals surface area contributed by atoms with Gasteiger partial charge in [0, 0.05) is 13.6 Å². The molecule has 82 valence electrons. The number of nitrogen functional groups attached to an aromatic ring is 1. The van der Waals surface area contributed by atoms with Crippen molar-refractivity contribution in [3.8, 4) is 5.75 Å². The van der Waals surface area contributed by atoms with Crippen molar-refractivity contribution in [2.75, 3.05) is 19.9 Å². The molecule has 0 fully saturated rings. The monoisotopic (exact) mass is 210 g/mol. The Bertz CT molecular complexity index is 366. The molecular weight excluding hydrogens is 196 g/mol. The predicted octanol–water partition coefficient (Wildman–Crippen LogP) is 1.39. The Morgan fingerprint density at radius 1 is 1.60 bits per heavy atom. The number of benzene rings is 1. The van der Waals surface area contributed by atoms with E-state index >= 15 is 0 Å². The van der Waals surface area contributed by atoms with Gasteiger partial charge in [-0.2, -0.15) is 0 Å². The Morgan fingerprint density at radius 2 is 2.27 bits per heavy atom. The predicted molar refractivity (Wildman–Crippen MR) is 56.9 cm³/mol. The number of nitrogens with two attached hydrogens (primary N) is 1. The summed E-state index contributed by atoms with van der Waals surface area (Å²) in [6, 6.07) is 5.22. The van der Waals surface area contributed by atoms with Crippen molar-refractivity contribution in [1.29, 1.82) is 0 Å². The Morgan fingerprint density at radius 3 is 2.73 bits per heavy atom. The van der Waals surface area contributed by atoms with Crippen LogP contribution in [0.4, 0.5) is 10.5 Å². The molecule has 0 aliphatic carbocycles. The fourth-order valence-corrected chi connectivity index (χ4v) is 1.22. The largest absolute Gasteiger partial charge is 0.495 e. The summed E-state index contributed by atoms with van der Waals surface area (Å²) >= 11 is 0. The summed E-state index contributed by atoms with van der Waals surface area (Å²) in [5.74, 6) is 0.594. The quantitative estimate of drug-likeness (QED) is 0.739. The fourth-order valence-electron chi connectivity index (χ4n) is 1.22. The maximum atomic E-state index is 10.6. The Balaban J connectivity index is 2.79. The van der Waals surface area contributed by atoms with Crippen LogP contribution in [0.3, 0.4) is 0 Å². The number of nitrogens with zero attached hydrogens (tertiary/aromatic N) is 1. The molecule has 1 amide bonds. The maximum absolute atomic E-state index is 10.6. The molecule has 0 aliphatic heterocycles. The van der Waals surface area contributed by atoms with E-state index in [1.807, 2.05) is 0 Å². The summed E-state index contributed by atoms with van der Waals surface area (Å²) in [5, 5.41) is 8.68. The SMILES string of the molecule is COc1ccc(CN(C)C(=O)O)cc1N. The van der Waals surface area contributed by atoms with Crippen molar-refractivity contribution in [2.45, 2.75) is 6.54 Å². The zero-order valence-electron chi connectivity index (χ0n) is 8.73. The lowest BCUT2D eigenvalue weighted by molar-refractivity contribution is 0.154. The van der Waals surface area contributed by atoms with Gasteiger partial charge < -0.3 is 20.5 Å². The molecule has 0 spiro atoms. The van der Waals surface area contributed by atoms with E-state index in [-0.39, 0.29) is 0 Å². The van der Waals surface area contributed by atoms with Gasteiger partial charge in [0.1, 0.15) is 5.75 Å². The van der Waals surface area contributed by atoms with Crippen LogP contribution in [0.15, 0.2) is 18.2 Å². The van der Waals surface area contributed by atoms with Gasteiger partial charge in [0.2, 0.25) is 0 Å². The number of ether oxygens (including phenoxy) is 1. The number of carboxylic acid groups (broad SMARTS) is 1. The van der Waals surface area contributed by atoms with Gasteiger partial charge in [0.15, 0.2) is 0 Å². The summed E-state index contributed by atoms with van der Waals surface area (Å²) in [6.45, 7) is 0.309. The molecule has 0 radical (unpaired) electrons. The number of anilines is 1. The van der Waals surface area contributed by atoms with Crippen molar-refractivity contribution in [3.63, 3.8) is 0 Å². The van der Waals surface area contributed by atoms with Crippen LogP contribution in [0, 0.1) is 0 Å². The average Bonchev–Trinajstić information content (AvgIpc) is 2.18. The summed E-state index contributed by atoms with van der Waals surface area (Å²) in [4.78, 5) is 11.8. The topological polar surface area (TPSA) is 75.8 Å². The van der Waals surface area contributed by atoms with Crippen molar-refractivity contribution in [3.05, 3.63) is 23.8 Å². The minimum absolute atomic E-state index is 0.309. The molecular formula is C10H14N2O3. The lowest BCUT2D eigenvalue weighted by atomic mass is 10.2. The lowest BCUT2D eigenvalue weighted by Crippen LogP contribution is -2.23. The molecule has 0 aliphatic rings. The van der Waals surface area contributed by atoms with Crippen LogP contribution in [0.25, 0.3) is 0 Å². The minimum Gasteiger partial charge on any atom is -0.495 e. The van der Waals surface area contributed by atoms with Gasteiger partial charge in [0.25, 0.3) is 0 Å². The van der Waals surface area contributed by atoms with E-state index in [1.54, 1.807) is 18.2 Å². The summed E-state index contributed by atoms with van der Waals surface area (Å²) in [7, 11) is 3.04. The van der Waals surface area contributed by atoms with E-state index in [2.05, 4.69) is 0 Å². The van der Waals surface area contributed by atoms with E-state index < -0.39 is 6.09 Å². The molecule has 1 aromatic carbocycles. The van der Waals surface area contributed by atoms with Gasteiger partial charge >= 0.3 is 6.09 Å². The van der Waals surface area contributed by atoms with Gasteiger partial charge in [-0.3, -0.25) is 0 Å². The molecule has 1 aromatic rings. The van der Waals surface area contributed by atoms with E-state index in [4.69, 9.17) is 15.6 Å². The van der Waals surface area contributed by atoms with Crippen LogP contribution < -0.4 is 10.5 Å². The number of rotatable bonds is 3. The van der Waals surface area contributed by atoms with Gasteiger partial charge in [-0.1, -0.05) is 6.07 Å². The summed E-state index contributed by atoms with van der Waals surface area (Å²) in [5.41, 5.74) is 7.03. The van der Waals surface area contributed by atoms with Crippen molar-refractivity contribution in [1.82, 2.24) is 4.90 Å². The highest BCUT2D eigenvalue weighted by Crippen LogP contribution is 2.22. The number of hydrogen-bond donors (Lipinski definition) is 2. The molecule has 0 saturated heterocycles. The Hall–Kier alpha value is -1.91. The van der Waals surface area contributed by atoms with Crippen LogP contribution in [-0.4, -0.2) is 30.3 Å². The van der Waals surface area contributed by atoms with Crippen LogP contribution in [0.1, 0.15) is 5.56 Å². The maximum Gasteiger partial charge on any atom is 0.407 e. The van der Waals surface area contributed by atoms with E-state index in [9.17, 15) is 4.79 Å². The third-order valence-electron chi connectivity index (χ3n) is 2.04. The second kappa shape index (κ2) is 4.54. The molecule has 3 N–H and O–H groups in total. The second-order valence-corrected chi connectivity index (χ2v) is 3.21. The van der Waals surface area contributed by atoms with Gasteiger partial charge in [-0.15, -0.1) is 0 Å². The zero-order chi connectivity index (χ0) is 11.4. The summed E-state index contributed by atoms with van der Waals surface area (Å²) in [6.07, 6.45) is -0.968. The fraction of sp³-hybridized carbons (Fsp3) is 0.300. The first-order valence-electron chi connectivity index (χ1n) is 4.41. The highest BCUT2D eigenvalue weighted by Gasteiger charge is 2.07. The van der Waals surface area contributed by atoms with Gasteiger partial charge in [-0.05, 0) is 17.7 Å². The molecule has 15 heavy (non-hydrogen) atoms. The highest BCUT2D eigenvalue weighted by atomic mass is 16.5. The molecule has 5 heteroatoms. The Kier molecular flexibility index (Phi) is 3.38. The molecule has 0 bridgehead atoms. The highest BCUT2D eigenvalue weighted by molar-refractivity contribution is 5.64. The van der Waals surface area contributed by atoms with Crippen LogP contribution in [-0.2, 0) is 6.54 Å². The third-order valence-corrected chi connectivity index (χ3v) is 2.04. The number of carbonyl (C=O) groups is 1. The third kappa shape index (κ3) is 2.77. The van der Waals surface area contributed by atoms with Crippen LogP contribution in [0.5, 0.6) is 5.75 Å². The van der Waals surface area contributed by atoms with Gasteiger partial charge in [-0.25, -0.2) is 4.79 Å². The first-order valence-corrected chi connectivity index (χ1v) is 4.41. The number of hydrogen-bond acceptors (Lipinski definition) is 3. The van der Waals surface area contributed by atoms with Gasteiger partial charge in [0.05, 0.1) is 12.8 Å². The molecule has 1 rings (SSSR count). The zero-order valence-corrected chi connectivity index (χ0v) is 8.73. The molecule has 0 heterocycles. The van der Waals surface area contributed by atoms with E-state index in [0.29, 0.717) is 18.0 Å². The lowest BCUT2D eigenvalue weighted by Gasteiger charge is -2.13. The van der Waals surface area contributed by atoms with Crippen LogP contribution >= 0.6 is 0 Å². The first-order chi connectivity index (χ1) is 7.04. The number of methoxy groups -OCH3 is 1.